The molecule has 1 heterocycles. The minimum absolute atomic E-state index is 0.0105. The molecule has 19 heavy (non-hydrogen) atoms. The molecule has 0 spiro atoms. The largest absolute Gasteiger partial charge is 0.504 e. The first-order chi connectivity index (χ1) is 8.84. The van der Waals surface area contributed by atoms with E-state index >= 15 is 0 Å². The van der Waals surface area contributed by atoms with Crippen LogP contribution in [0.15, 0.2) is 17.0 Å². The van der Waals surface area contributed by atoms with Gasteiger partial charge in [0, 0.05) is 19.1 Å². The van der Waals surface area contributed by atoms with Crippen molar-refractivity contribution >= 4 is 27.3 Å². The number of hydrogen-bond donors (Lipinski definition) is 3. The Balaban J connectivity index is 2.43. The van der Waals surface area contributed by atoms with Gasteiger partial charge in [0.1, 0.15) is 4.90 Å². The number of aromatic hydroxyl groups is 1. The Kier molecular flexibility index (Phi) is 3.91. The summed E-state index contributed by atoms with van der Waals surface area (Å²) in [5, 5.41) is 9.82. The highest BCUT2D eigenvalue weighted by molar-refractivity contribution is 7.89. The van der Waals surface area contributed by atoms with Gasteiger partial charge in [-0.2, -0.15) is 4.31 Å². The molecule has 2 rings (SSSR count). The van der Waals surface area contributed by atoms with Crippen molar-refractivity contribution in [1.29, 1.82) is 0 Å². The summed E-state index contributed by atoms with van der Waals surface area (Å²) < 4.78 is 26.2. The zero-order valence-corrected chi connectivity index (χ0v) is 11.8. The van der Waals surface area contributed by atoms with Crippen molar-refractivity contribution in [2.24, 2.45) is 5.73 Å². The molecule has 0 aliphatic carbocycles. The third-order valence-electron chi connectivity index (χ3n) is 3.21. The van der Waals surface area contributed by atoms with E-state index in [-0.39, 0.29) is 21.6 Å². The number of hydrogen-bond acceptors (Lipinski definition) is 5. The smallest absolute Gasteiger partial charge is 0.248 e. The normalized spacial score (nSPS) is 18.6. The molecule has 1 saturated heterocycles. The van der Waals surface area contributed by atoms with Crippen LogP contribution in [0.25, 0.3) is 0 Å². The Labute approximate surface area is 117 Å². The topological polar surface area (TPSA) is 110 Å². The van der Waals surface area contributed by atoms with Gasteiger partial charge in [0.15, 0.2) is 5.75 Å². The lowest BCUT2D eigenvalue weighted by Crippen LogP contribution is -2.42. The third-order valence-corrected chi connectivity index (χ3v) is 5.61. The van der Waals surface area contributed by atoms with Crippen molar-refractivity contribution in [3.8, 4) is 5.75 Å². The number of phenols is 1. The molecule has 8 heteroatoms. The molecule has 0 radical (unpaired) electrons. The Bertz CT molecular complexity index is 583. The lowest BCUT2D eigenvalue weighted by Gasteiger charge is -2.29. The number of halogens is 1. The fraction of sp³-hybridized carbons (Fsp3) is 0.455. The Morgan fingerprint density at radius 2 is 1.89 bits per heavy atom. The maximum Gasteiger partial charge on any atom is 0.248 e. The van der Waals surface area contributed by atoms with Crippen LogP contribution in [-0.4, -0.2) is 37.0 Å². The number of phenolic OH excluding ortho intramolecular Hbond substituents is 1. The lowest BCUT2D eigenvalue weighted by molar-refractivity contribution is 0.318. The highest BCUT2D eigenvalue weighted by atomic mass is 35.5. The highest BCUT2D eigenvalue weighted by Gasteiger charge is 2.32. The summed E-state index contributed by atoms with van der Waals surface area (Å²) in [4.78, 5) is -0.329. The number of sulfonamides is 1. The summed E-state index contributed by atoms with van der Waals surface area (Å²) in [6.45, 7) is 0.627. The van der Waals surface area contributed by atoms with Crippen molar-refractivity contribution in [3.63, 3.8) is 0 Å². The number of rotatable bonds is 2. The van der Waals surface area contributed by atoms with Crippen LogP contribution in [0.1, 0.15) is 12.8 Å². The van der Waals surface area contributed by atoms with Crippen LogP contribution in [0.2, 0.25) is 5.02 Å². The maximum atomic E-state index is 12.5. The van der Waals surface area contributed by atoms with Gasteiger partial charge < -0.3 is 16.6 Å². The lowest BCUT2D eigenvalue weighted by atomic mass is 10.1. The molecule has 0 bridgehead atoms. The van der Waals surface area contributed by atoms with E-state index in [1.165, 1.54) is 16.4 Å². The Morgan fingerprint density at radius 3 is 2.47 bits per heavy atom. The SMILES string of the molecule is Nc1ccc(Cl)c(S(=O)(=O)N2CCC(N)CC2)c1O. The van der Waals surface area contributed by atoms with Gasteiger partial charge in [-0.15, -0.1) is 0 Å². The average molecular weight is 306 g/mol. The van der Waals surface area contributed by atoms with E-state index in [1.54, 1.807) is 0 Å². The summed E-state index contributed by atoms with van der Waals surface area (Å²) >= 11 is 5.89. The number of nitrogens with two attached hydrogens (primary N) is 2. The molecule has 1 fully saturated rings. The van der Waals surface area contributed by atoms with E-state index in [0.717, 1.165) is 0 Å². The molecule has 0 unspecified atom stereocenters. The molecular formula is C11H16ClN3O3S. The number of nitrogen functional groups attached to an aromatic ring is 1. The Hall–Kier alpha value is -1.02. The zero-order valence-electron chi connectivity index (χ0n) is 10.2. The highest BCUT2D eigenvalue weighted by Crippen LogP contribution is 2.37. The molecular weight excluding hydrogens is 290 g/mol. The molecule has 0 atom stereocenters. The van der Waals surface area contributed by atoms with Crippen molar-refractivity contribution < 1.29 is 13.5 Å². The fourth-order valence-electron chi connectivity index (χ4n) is 2.05. The van der Waals surface area contributed by atoms with E-state index < -0.39 is 15.8 Å². The van der Waals surface area contributed by atoms with E-state index in [0.29, 0.717) is 25.9 Å². The van der Waals surface area contributed by atoms with E-state index in [9.17, 15) is 13.5 Å². The van der Waals surface area contributed by atoms with Gasteiger partial charge in [-0.05, 0) is 25.0 Å². The van der Waals surface area contributed by atoms with Crippen LogP contribution >= 0.6 is 11.6 Å². The number of piperidine rings is 1. The summed E-state index contributed by atoms with van der Waals surface area (Å²) in [5.41, 5.74) is 11.3. The summed E-state index contributed by atoms with van der Waals surface area (Å²) in [5.74, 6) is -0.498. The fourth-order valence-corrected chi connectivity index (χ4v) is 4.12. The van der Waals surface area contributed by atoms with E-state index in [4.69, 9.17) is 23.1 Å². The van der Waals surface area contributed by atoms with Gasteiger partial charge in [-0.1, -0.05) is 11.6 Å². The van der Waals surface area contributed by atoms with E-state index in [2.05, 4.69) is 0 Å². The quantitative estimate of drug-likeness (QED) is 0.551. The van der Waals surface area contributed by atoms with Crippen LogP contribution in [0, 0.1) is 0 Å². The maximum absolute atomic E-state index is 12.5. The second kappa shape index (κ2) is 5.16. The number of benzene rings is 1. The van der Waals surface area contributed by atoms with Crippen molar-refractivity contribution in [1.82, 2.24) is 4.31 Å². The molecule has 0 saturated carbocycles. The molecule has 0 amide bonds. The molecule has 5 N–H and O–H groups in total. The minimum atomic E-state index is -3.85. The van der Waals surface area contributed by atoms with Crippen LogP contribution in [0.5, 0.6) is 5.75 Å². The first kappa shape index (κ1) is 14.4. The van der Waals surface area contributed by atoms with Crippen molar-refractivity contribution in [2.75, 3.05) is 18.8 Å². The molecule has 6 nitrogen and oxygen atoms in total. The average Bonchev–Trinajstić information content (AvgIpc) is 2.34. The summed E-state index contributed by atoms with van der Waals surface area (Å²) in [6.07, 6.45) is 1.17. The van der Waals surface area contributed by atoms with Crippen molar-refractivity contribution in [2.45, 2.75) is 23.8 Å². The Morgan fingerprint density at radius 1 is 1.32 bits per heavy atom. The first-order valence-electron chi connectivity index (χ1n) is 5.86. The van der Waals surface area contributed by atoms with Gasteiger partial charge in [-0.3, -0.25) is 0 Å². The molecule has 106 valence electrons. The molecule has 1 aliphatic heterocycles. The van der Waals surface area contributed by atoms with Gasteiger partial charge in [0.05, 0.1) is 10.7 Å². The summed E-state index contributed by atoms with van der Waals surface area (Å²) in [7, 11) is -3.85. The molecule has 1 aliphatic rings. The molecule has 0 aromatic heterocycles. The van der Waals surface area contributed by atoms with Crippen LogP contribution in [-0.2, 0) is 10.0 Å². The molecule has 1 aromatic rings. The van der Waals surface area contributed by atoms with Crippen LogP contribution < -0.4 is 11.5 Å². The first-order valence-corrected chi connectivity index (χ1v) is 7.68. The summed E-state index contributed by atoms with van der Waals surface area (Å²) in [6, 6.07) is 2.73. The second-order valence-electron chi connectivity index (χ2n) is 4.56. The number of anilines is 1. The minimum Gasteiger partial charge on any atom is -0.504 e. The van der Waals surface area contributed by atoms with Gasteiger partial charge >= 0.3 is 0 Å². The number of nitrogens with zero attached hydrogens (tertiary/aromatic N) is 1. The van der Waals surface area contributed by atoms with Crippen LogP contribution in [0.3, 0.4) is 0 Å². The van der Waals surface area contributed by atoms with Gasteiger partial charge in [0.25, 0.3) is 0 Å². The predicted octanol–water partition coefficient (Wildman–Crippen LogP) is 0.740. The van der Waals surface area contributed by atoms with Crippen molar-refractivity contribution in [3.05, 3.63) is 17.2 Å². The predicted molar refractivity (Wildman–Crippen MR) is 73.5 cm³/mol. The van der Waals surface area contributed by atoms with Crippen LogP contribution in [0.4, 0.5) is 5.69 Å². The third kappa shape index (κ3) is 2.64. The second-order valence-corrected chi connectivity index (χ2v) is 6.84. The monoisotopic (exact) mass is 305 g/mol. The van der Waals surface area contributed by atoms with Gasteiger partial charge in [-0.25, -0.2) is 8.42 Å². The molecule has 1 aromatic carbocycles. The standard InChI is InChI=1S/C11H16ClN3O3S/c12-8-1-2-9(14)10(16)11(8)19(17,18)15-5-3-7(13)4-6-15/h1-2,7,16H,3-6,13-14H2. The van der Waals surface area contributed by atoms with Gasteiger partial charge in [0.2, 0.25) is 10.0 Å². The zero-order chi connectivity index (χ0) is 14.2. The van der Waals surface area contributed by atoms with E-state index in [1.807, 2.05) is 0 Å².